The number of carbonyl (C=O) groups is 1. The van der Waals surface area contributed by atoms with Crippen molar-refractivity contribution in [3.05, 3.63) is 57.7 Å². The first-order valence-electron chi connectivity index (χ1n) is 10.9. The van der Waals surface area contributed by atoms with Crippen LogP contribution in [0, 0.1) is 10.6 Å². The van der Waals surface area contributed by atoms with Crippen LogP contribution in [0.15, 0.2) is 47.4 Å². The molecule has 0 spiro atoms. The molecule has 2 N–H and O–H groups in total. The Balaban J connectivity index is 1.71. The Bertz CT molecular complexity index is 1140. The number of H-pyrrole nitrogens is 1. The summed E-state index contributed by atoms with van der Waals surface area (Å²) >= 11 is 4.93. The second kappa shape index (κ2) is 11.4. The molecule has 1 unspecified atom stereocenters. The highest BCUT2D eigenvalue weighted by molar-refractivity contribution is 7.71. The van der Waals surface area contributed by atoms with Gasteiger partial charge in [0.15, 0.2) is 0 Å². The zero-order valence-corrected chi connectivity index (χ0v) is 20.9. The molecule has 1 aromatic carbocycles. The molecule has 1 aromatic heterocycles. The largest absolute Gasteiger partial charge is 0.463 e. The Kier molecular flexibility index (Phi) is 8.83. The minimum atomic E-state index is -3.86. The van der Waals surface area contributed by atoms with Gasteiger partial charge in [-0.1, -0.05) is 37.3 Å². The molecule has 34 heavy (non-hydrogen) atoms. The zero-order chi connectivity index (χ0) is 24.9. The predicted molar refractivity (Wildman–Crippen MR) is 126 cm³/mol. The van der Waals surface area contributed by atoms with Crippen LogP contribution < -0.4 is 10.2 Å². The fraction of sp³-hybridized carbons (Fsp3) is 0.500. The number of esters is 1. The normalized spacial score (nSPS) is 22.8. The molecule has 0 saturated carbocycles. The van der Waals surface area contributed by atoms with Crippen LogP contribution in [-0.4, -0.2) is 51.7 Å². The Labute approximate surface area is 202 Å². The molecule has 186 valence electrons. The van der Waals surface area contributed by atoms with E-state index in [2.05, 4.69) is 4.98 Å². The van der Waals surface area contributed by atoms with Crippen LogP contribution in [0.25, 0.3) is 0 Å². The minimum absolute atomic E-state index is 0.125. The molecule has 1 saturated heterocycles. The number of nitrogens with zero attached hydrogens (tertiary/aromatic N) is 1. The van der Waals surface area contributed by atoms with Crippen molar-refractivity contribution in [2.24, 2.45) is 5.92 Å². The van der Waals surface area contributed by atoms with E-state index in [1.807, 2.05) is 0 Å². The fourth-order valence-electron chi connectivity index (χ4n) is 3.39. The highest BCUT2D eigenvalue weighted by Crippen LogP contribution is 2.50. The van der Waals surface area contributed by atoms with E-state index in [0.717, 1.165) is 0 Å². The van der Waals surface area contributed by atoms with Gasteiger partial charge in [-0.25, -0.2) is 9.36 Å². The number of aliphatic hydroxyl groups is 1. The highest BCUT2D eigenvalue weighted by atomic mass is 32.1. The lowest BCUT2D eigenvalue weighted by Gasteiger charge is -2.24. The second-order valence-electron chi connectivity index (χ2n) is 8.33. The van der Waals surface area contributed by atoms with E-state index in [-0.39, 0.29) is 29.9 Å². The maximum atomic E-state index is 13.6. The third-order valence-corrected chi connectivity index (χ3v) is 7.30. The molecular formula is C22H29N2O8PS. The molecule has 1 fully saturated rings. The smallest absolute Gasteiger partial charge is 0.380 e. The maximum absolute atomic E-state index is 13.6. The summed E-state index contributed by atoms with van der Waals surface area (Å²) in [5.74, 6) is -0.967. The first-order valence-corrected chi connectivity index (χ1v) is 13.0. The summed E-state index contributed by atoms with van der Waals surface area (Å²) in [6, 6.07) is 9.99. The van der Waals surface area contributed by atoms with Gasteiger partial charge in [0, 0.05) is 12.6 Å². The molecule has 5 atom stereocenters. The molecule has 12 heteroatoms. The molecule has 10 nitrogen and oxygen atoms in total. The lowest BCUT2D eigenvalue weighted by Crippen LogP contribution is -2.29. The van der Waals surface area contributed by atoms with Gasteiger partial charge in [-0.05, 0) is 32.0 Å². The van der Waals surface area contributed by atoms with Crippen molar-refractivity contribution in [1.29, 1.82) is 0 Å². The Morgan fingerprint density at radius 3 is 2.65 bits per heavy atom. The van der Waals surface area contributed by atoms with Gasteiger partial charge in [0.25, 0.3) is 0 Å². The Morgan fingerprint density at radius 2 is 2.00 bits per heavy atom. The SMILES string of the molecule is CC(C)OC(=O)[C@H](C)CP(=O)(OC[C@H]1O[C@@H](n2ccc(=S)[nH]c2=O)C[C@H]1O)Oc1ccccc1. The summed E-state index contributed by atoms with van der Waals surface area (Å²) in [6.07, 6.45) is -1.54. The van der Waals surface area contributed by atoms with E-state index in [1.54, 1.807) is 51.1 Å². The van der Waals surface area contributed by atoms with Gasteiger partial charge in [0.1, 0.15) is 22.7 Å². The van der Waals surface area contributed by atoms with Gasteiger partial charge in [-0.3, -0.25) is 18.9 Å². The van der Waals surface area contributed by atoms with E-state index in [0.29, 0.717) is 5.75 Å². The van der Waals surface area contributed by atoms with Crippen LogP contribution in [0.1, 0.15) is 33.4 Å². The number of ether oxygens (including phenoxy) is 2. The van der Waals surface area contributed by atoms with Gasteiger partial charge in [-0.2, -0.15) is 0 Å². The molecule has 1 aliphatic rings. The Morgan fingerprint density at radius 1 is 1.29 bits per heavy atom. The number of aromatic nitrogens is 2. The van der Waals surface area contributed by atoms with Gasteiger partial charge in [-0.15, -0.1) is 0 Å². The first-order chi connectivity index (χ1) is 16.1. The summed E-state index contributed by atoms with van der Waals surface area (Å²) in [5, 5.41) is 10.5. The predicted octanol–water partition coefficient (Wildman–Crippen LogP) is 3.43. The standard InChI is InChI=1S/C22H29N2O8PS/c1-14(2)30-21(26)15(3)13-33(28,32-16-7-5-4-6-8-16)29-12-18-17(25)11-20(31-18)24-10-9-19(34)23-22(24)27/h4-10,14-15,17-18,20,25H,11-13H2,1-3H3,(H,23,27,34)/t15-,17-,18-,20-,33?/m1/s1. The van der Waals surface area contributed by atoms with E-state index in [4.69, 9.17) is 30.7 Å². The van der Waals surface area contributed by atoms with E-state index in [1.165, 1.54) is 16.8 Å². The highest BCUT2D eigenvalue weighted by Gasteiger charge is 2.39. The van der Waals surface area contributed by atoms with Gasteiger partial charge in [0.05, 0.1) is 30.9 Å². The van der Waals surface area contributed by atoms with Crippen molar-refractivity contribution < 1.29 is 33.0 Å². The van der Waals surface area contributed by atoms with Crippen LogP contribution in [0.3, 0.4) is 0 Å². The van der Waals surface area contributed by atoms with Crippen molar-refractivity contribution in [2.75, 3.05) is 12.8 Å². The van der Waals surface area contributed by atoms with Crippen LogP contribution in [0.5, 0.6) is 5.75 Å². The summed E-state index contributed by atoms with van der Waals surface area (Å²) in [7, 11) is -3.86. The molecule has 1 aliphatic heterocycles. The molecule has 2 heterocycles. The number of hydrogen-bond donors (Lipinski definition) is 2. The van der Waals surface area contributed by atoms with Crippen LogP contribution in [0.2, 0.25) is 0 Å². The topological polar surface area (TPSA) is 129 Å². The number of hydrogen-bond acceptors (Lipinski definition) is 9. The maximum Gasteiger partial charge on any atom is 0.380 e. The number of carbonyl (C=O) groups excluding carboxylic acids is 1. The third-order valence-electron chi connectivity index (χ3n) is 5.04. The number of benzene rings is 1. The van der Waals surface area contributed by atoms with Crippen LogP contribution in [-0.2, 0) is 23.4 Å². The number of aliphatic hydroxyl groups excluding tert-OH is 1. The summed E-state index contributed by atoms with van der Waals surface area (Å²) in [5.41, 5.74) is -0.471. The zero-order valence-electron chi connectivity index (χ0n) is 19.2. The van der Waals surface area contributed by atoms with Crippen molar-refractivity contribution >= 4 is 25.8 Å². The molecule has 3 rings (SSSR count). The van der Waals surface area contributed by atoms with E-state index < -0.39 is 43.6 Å². The summed E-state index contributed by atoms with van der Waals surface area (Å²) in [4.78, 5) is 26.9. The number of rotatable bonds is 10. The van der Waals surface area contributed by atoms with Crippen LogP contribution in [0.4, 0.5) is 0 Å². The number of nitrogens with one attached hydrogen (secondary N) is 1. The molecule has 2 aromatic rings. The van der Waals surface area contributed by atoms with Crippen molar-refractivity contribution in [3.8, 4) is 5.75 Å². The average Bonchev–Trinajstić information content (AvgIpc) is 3.12. The van der Waals surface area contributed by atoms with Gasteiger partial charge >= 0.3 is 19.3 Å². The van der Waals surface area contributed by atoms with Crippen LogP contribution >= 0.6 is 19.8 Å². The van der Waals surface area contributed by atoms with E-state index in [9.17, 15) is 19.3 Å². The fourth-order valence-corrected chi connectivity index (χ4v) is 5.41. The average molecular weight is 513 g/mol. The van der Waals surface area contributed by atoms with Gasteiger partial charge < -0.3 is 19.1 Å². The third kappa shape index (κ3) is 7.10. The Hall–Kier alpha value is -2.30. The molecule has 0 radical (unpaired) electrons. The molecule has 0 amide bonds. The molecule has 0 aliphatic carbocycles. The quantitative estimate of drug-likeness (QED) is 0.279. The number of para-hydroxylation sites is 1. The van der Waals surface area contributed by atoms with Crippen molar-refractivity contribution in [3.63, 3.8) is 0 Å². The minimum Gasteiger partial charge on any atom is -0.463 e. The van der Waals surface area contributed by atoms with Crippen molar-refractivity contribution in [2.45, 2.75) is 51.7 Å². The van der Waals surface area contributed by atoms with E-state index >= 15 is 0 Å². The number of aromatic amines is 1. The van der Waals surface area contributed by atoms with Crippen molar-refractivity contribution in [1.82, 2.24) is 9.55 Å². The lowest BCUT2D eigenvalue weighted by atomic mass is 10.2. The first kappa shape index (κ1) is 26.3. The summed E-state index contributed by atoms with van der Waals surface area (Å²) in [6.45, 7) is 4.76. The monoisotopic (exact) mass is 512 g/mol. The summed E-state index contributed by atoms with van der Waals surface area (Å²) < 4.78 is 37.6. The van der Waals surface area contributed by atoms with Gasteiger partial charge in [0.2, 0.25) is 0 Å². The second-order valence-corrected chi connectivity index (χ2v) is 10.8. The lowest BCUT2D eigenvalue weighted by molar-refractivity contribution is -0.151. The molecule has 0 bridgehead atoms. The molecular weight excluding hydrogens is 483 g/mol.